The maximum Gasteiger partial charge on any atom is 0.411 e. The van der Waals surface area contributed by atoms with Crippen molar-refractivity contribution in [1.82, 2.24) is 4.90 Å². The van der Waals surface area contributed by atoms with E-state index < -0.39 is 17.7 Å². The summed E-state index contributed by atoms with van der Waals surface area (Å²) in [7, 11) is 1.30. The monoisotopic (exact) mass is 355 g/mol. The molecule has 0 N–H and O–H groups in total. The zero-order chi connectivity index (χ0) is 19.2. The molecule has 0 unspecified atom stereocenters. The largest absolute Gasteiger partial charge is 0.468 e. The van der Waals surface area contributed by atoms with Gasteiger partial charge in [-0.05, 0) is 37.5 Å². The molecule has 2 rings (SSSR count). The van der Waals surface area contributed by atoms with E-state index in [0.717, 1.165) is 16.7 Å². The van der Waals surface area contributed by atoms with E-state index in [1.54, 1.807) is 20.8 Å². The highest BCUT2D eigenvalue weighted by Gasteiger charge is 2.24. The van der Waals surface area contributed by atoms with Crippen LogP contribution in [0.25, 0.3) is 11.1 Å². The van der Waals surface area contributed by atoms with Crippen LogP contribution >= 0.6 is 0 Å². The quantitative estimate of drug-likeness (QED) is 0.752. The van der Waals surface area contributed by atoms with Gasteiger partial charge in [0.1, 0.15) is 12.1 Å². The molecule has 0 bridgehead atoms. The number of amides is 1. The van der Waals surface area contributed by atoms with Crippen molar-refractivity contribution in [2.45, 2.75) is 32.9 Å². The lowest BCUT2D eigenvalue weighted by atomic mass is 10.0. The minimum absolute atomic E-state index is 0.161. The standard InChI is InChI=1S/C21H25NO4/c1-21(2,3)26-20(24)22(15-19(23)25-4)14-16-10-12-18(13-11-16)17-8-6-5-7-9-17/h5-13H,14-15H2,1-4H3. The van der Waals surface area contributed by atoms with Gasteiger partial charge in [-0.15, -0.1) is 0 Å². The molecular weight excluding hydrogens is 330 g/mol. The Morgan fingerprint density at radius 2 is 1.50 bits per heavy atom. The van der Waals surface area contributed by atoms with Gasteiger partial charge in [0.25, 0.3) is 0 Å². The predicted octanol–water partition coefficient (Wildman–Crippen LogP) is 4.26. The van der Waals surface area contributed by atoms with Crippen LogP contribution in [0.5, 0.6) is 0 Å². The van der Waals surface area contributed by atoms with Crippen LogP contribution in [-0.2, 0) is 20.8 Å². The van der Waals surface area contributed by atoms with Gasteiger partial charge >= 0.3 is 12.1 Å². The Balaban J connectivity index is 2.14. The van der Waals surface area contributed by atoms with E-state index in [9.17, 15) is 9.59 Å². The summed E-state index contributed by atoms with van der Waals surface area (Å²) >= 11 is 0. The maximum absolute atomic E-state index is 12.4. The fraction of sp³-hybridized carbons (Fsp3) is 0.333. The first-order chi connectivity index (χ1) is 12.3. The summed E-state index contributed by atoms with van der Waals surface area (Å²) in [5, 5.41) is 0. The Kier molecular flexibility index (Phi) is 6.39. The highest BCUT2D eigenvalue weighted by molar-refractivity contribution is 5.78. The number of methoxy groups -OCH3 is 1. The minimum atomic E-state index is -0.636. The number of esters is 1. The number of rotatable bonds is 5. The van der Waals surface area contributed by atoms with Crippen molar-refractivity contribution in [2.75, 3.05) is 13.7 Å². The molecule has 0 aliphatic heterocycles. The second-order valence-electron chi connectivity index (χ2n) is 6.98. The van der Waals surface area contributed by atoms with Crippen LogP contribution in [0.3, 0.4) is 0 Å². The third kappa shape index (κ3) is 5.92. The molecule has 5 heteroatoms. The van der Waals surface area contributed by atoms with E-state index in [-0.39, 0.29) is 13.1 Å². The molecule has 2 aromatic rings. The second kappa shape index (κ2) is 8.52. The van der Waals surface area contributed by atoms with Crippen LogP contribution in [0.15, 0.2) is 54.6 Å². The lowest BCUT2D eigenvalue weighted by Gasteiger charge is -2.26. The molecule has 1 amide bonds. The Hall–Kier alpha value is -2.82. The molecule has 0 saturated carbocycles. The van der Waals surface area contributed by atoms with Gasteiger partial charge in [-0.3, -0.25) is 9.69 Å². The van der Waals surface area contributed by atoms with Crippen molar-refractivity contribution in [3.63, 3.8) is 0 Å². The van der Waals surface area contributed by atoms with Crippen molar-refractivity contribution in [2.24, 2.45) is 0 Å². The van der Waals surface area contributed by atoms with E-state index in [2.05, 4.69) is 4.74 Å². The van der Waals surface area contributed by atoms with E-state index in [4.69, 9.17) is 4.74 Å². The molecule has 0 saturated heterocycles. The molecule has 5 nitrogen and oxygen atoms in total. The molecular formula is C21H25NO4. The molecule has 0 atom stereocenters. The number of ether oxygens (including phenoxy) is 2. The SMILES string of the molecule is COC(=O)CN(Cc1ccc(-c2ccccc2)cc1)C(=O)OC(C)(C)C. The third-order valence-electron chi connectivity index (χ3n) is 3.63. The van der Waals surface area contributed by atoms with Gasteiger partial charge in [0, 0.05) is 6.54 Å². The molecule has 138 valence electrons. The highest BCUT2D eigenvalue weighted by Crippen LogP contribution is 2.20. The van der Waals surface area contributed by atoms with Crippen molar-refractivity contribution >= 4 is 12.1 Å². The van der Waals surface area contributed by atoms with Gasteiger partial charge in [0.2, 0.25) is 0 Å². The average molecular weight is 355 g/mol. The maximum atomic E-state index is 12.4. The average Bonchev–Trinajstić information content (AvgIpc) is 2.61. The van der Waals surface area contributed by atoms with Crippen molar-refractivity contribution in [1.29, 1.82) is 0 Å². The van der Waals surface area contributed by atoms with E-state index >= 15 is 0 Å². The molecule has 2 aromatic carbocycles. The van der Waals surface area contributed by atoms with E-state index in [1.165, 1.54) is 12.0 Å². The highest BCUT2D eigenvalue weighted by atomic mass is 16.6. The van der Waals surface area contributed by atoms with Crippen LogP contribution in [0.1, 0.15) is 26.3 Å². The lowest BCUT2D eigenvalue weighted by molar-refractivity contribution is -0.142. The number of carbonyl (C=O) groups excluding carboxylic acids is 2. The summed E-state index contributed by atoms with van der Waals surface area (Å²) in [5.74, 6) is -0.489. The number of nitrogens with zero attached hydrogens (tertiary/aromatic N) is 1. The van der Waals surface area contributed by atoms with Crippen LogP contribution in [0.4, 0.5) is 4.79 Å². The van der Waals surface area contributed by atoms with Crippen molar-refractivity contribution in [3.05, 3.63) is 60.2 Å². The molecule has 0 radical (unpaired) electrons. The molecule has 0 spiro atoms. The van der Waals surface area contributed by atoms with Gasteiger partial charge < -0.3 is 9.47 Å². The number of hydrogen-bond donors (Lipinski definition) is 0. The zero-order valence-corrected chi connectivity index (χ0v) is 15.7. The van der Waals surface area contributed by atoms with E-state index in [1.807, 2.05) is 54.6 Å². The van der Waals surface area contributed by atoms with Gasteiger partial charge in [-0.25, -0.2) is 4.79 Å². The molecule has 26 heavy (non-hydrogen) atoms. The molecule has 0 aliphatic carbocycles. The van der Waals surface area contributed by atoms with Crippen LogP contribution in [0, 0.1) is 0 Å². The Morgan fingerprint density at radius 3 is 2.04 bits per heavy atom. The van der Waals surface area contributed by atoms with Crippen LogP contribution < -0.4 is 0 Å². The lowest BCUT2D eigenvalue weighted by Crippen LogP contribution is -2.39. The van der Waals surface area contributed by atoms with Crippen molar-refractivity contribution in [3.8, 4) is 11.1 Å². The number of benzene rings is 2. The Labute approximate surface area is 154 Å². The fourth-order valence-electron chi connectivity index (χ4n) is 2.39. The summed E-state index contributed by atoms with van der Waals surface area (Å²) in [6.07, 6.45) is -0.546. The molecule has 0 aliphatic rings. The Bertz CT molecular complexity index is 733. The molecule has 0 aromatic heterocycles. The summed E-state index contributed by atoms with van der Waals surface area (Å²) < 4.78 is 10.1. The predicted molar refractivity (Wildman–Crippen MR) is 101 cm³/mol. The summed E-state index contributed by atoms with van der Waals surface area (Å²) in [5.41, 5.74) is 2.48. The normalized spacial score (nSPS) is 10.9. The summed E-state index contributed by atoms with van der Waals surface area (Å²) in [4.78, 5) is 25.4. The summed E-state index contributed by atoms with van der Waals surface area (Å²) in [6.45, 7) is 5.46. The van der Waals surface area contributed by atoms with Gasteiger partial charge in [-0.2, -0.15) is 0 Å². The first kappa shape index (κ1) is 19.5. The third-order valence-corrected chi connectivity index (χ3v) is 3.63. The first-order valence-electron chi connectivity index (χ1n) is 8.47. The number of carbonyl (C=O) groups is 2. The first-order valence-corrected chi connectivity index (χ1v) is 8.47. The molecule has 0 heterocycles. The zero-order valence-electron chi connectivity index (χ0n) is 15.7. The van der Waals surface area contributed by atoms with E-state index in [0.29, 0.717) is 0 Å². The second-order valence-corrected chi connectivity index (χ2v) is 6.98. The molecule has 0 fully saturated rings. The van der Waals surface area contributed by atoms with Gasteiger partial charge in [0.05, 0.1) is 7.11 Å². The smallest absolute Gasteiger partial charge is 0.411 e. The minimum Gasteiger partial charge on any atom is -0.468 e. The Morgan fingerprint density at radius 1 is 0.923 bits per heavy atom. The fourth-order valence-corrected chi connectivity index (χ4v) is 2.39. The number of hydrogen-bond acceptors (Lipinski definition) is 4. The van der Waals surface area contributed by atoms with Crippen LogP contribution in [-0.4, -0.2) is 36.2 Å². The van der Waals surface area contributed by atoms with Crippen LogP contribution in [0.2, 0.25) is 0 Å². The van der Waals surface area contributed by atoms with Gasteiger partial charge in [-0.1, -0.05) is 54.6 Å². The summed E-state index contributed by atoms with van der Waals surface area (Å²) in [6, 6.07) is 17.9. The topological polar surface area (TPSA) is 55.8 Å². The van der Waals surface area contributed by atoms with Crippen molar-refractivity contribution < 1.29 is 19.1 Å². The van der Waals surface area contributed by atoms with Gasteiger partial charge in [0.15, 0.2) is 0 Å².